The van der Waals surface area contributed by atoms with Crippen LogP contribution in [0.15, 0.2) is 18.2 Å². The summed E-state index contributed by atoms with van der Waals surface area (Å²) >= 11 is 0. The number of nitrogens with one attached hydrogen (secondary N) is 2. The van der Waals surface area contributed by atoms with Crippen LogP contribution in [0.25, 0.3) is 0 Å². The van der Waals surface area contributed by atoms with E-state index < -0.39 is 6.04 Å². The van der Waals surface area contributed by atoms with Gasteiger partial charge in [-0.25, -0.2) is 0 Å². The molecule has 1 saturated carbocycles. The summed E-state index contributed by atoms with van der Waals surface area (Å²) in [4.78, 5) is 40.5. The first kappa shape index (κ1) is 20.0. The Labute approximate surface area is 171 Å². The lowest BCUT2D eigenvalue weighted by molar-refractivity contribution is -0.136. The number of nitrogens with zero attached hydrogens (tertiary/aromatic N) is 2. The predicted molar refractivity (Wildman–Crippen MR) is 109 cm³/mol. The number of piperidine rings is 1. The lowest BCUT2D eigenvalue weighted by Gasteiger charge is -2.38. The Hall–Kier alpha value is -2.25. The van der Waals surface area contributed by atoms with Gasteiger partial charge < -0.3 is 10.2 Å². The van der Waals surface area contributed by atoms with E-state index >= 15 is 0 Å². The maximum atomic E-state index is 12.8. The normalized spacial score (nSPS) is 27.3. The highest BCUT2D eigenvalue weighted by Crippen LogP contribution is 2.29. The Balaban J connectivity index is 1.46. The quantitative estimate of drug-likeness (QED) is 0.733. The monoisotopic (exact) mass is 398 g/mol. The fraction of sp³-hybridized carbons (Fsp3) is 0.591. The van der Waals surface area contributed by atoms with Crippen molar-refractivity contribution in [3.63, 3.8) is 0 Å². The molecular weight excluding hydrogens is 368 g/mol. The topological polar surface area (TPSA) is 81.8 Å². The van der Waals surface area contributed by atoms with Crippen LogP contribution in [0.4, 0.5) is 0 Å². The van der Waals surface area contributed by atoms with E-state index in [2.05, 4.69) is 28.6 Å². The molecule has 7 nitrogen and oxygen atoms in total. The standard InChI is InChI=1S/C22H30N4O3/c1-23-17-5-3-4-6-18(17)25(2)12-14-7-8-16-15(11-14)13-26(22(16)29)19-9-10-20(27)24-21(19)28/h7-8,11,17-19,23H,3-6,9-10,12-13H2,1-2H3,(H,24,27,28)/t17-,18-,19?/m0/s1. The maximum absolute atomic E-state index is 12.8. The van der Waals surface area contributed by atoms with E-state index in [0.717, 1.165) is 12.1 Å². The maximum Gasteiger partial charge on any atom is 0.255 e. The third-order valence-electron chi connectivity index (χ3n) is 6.69. The van der Waals surface area contributed by atoms with E-state index in [0.29, 0.717) is 30.6 Å². The fourth-order valence-corrected chi connectivity index (χ4v) is 5.11. The Morgan fingerprint density at radius 3 is 2.72 bits per heavy atom. The van der Waals surface area contributed by atoms with Gasteiger partial charge in [-0.2, -0.15) is 0 Å². The lowest BCUT2D eigenvalue weighted by Crippen LogP contribution is -2.52. The molecule has 1 aromatic rings. The van der Waals surface area contributed by atoms with Crippen LogP contribution in [0.1, 0.15) is 60.0 Å². The second kappa shape index (κ2) is 8.24. The van der Waals surface area contributed by atoms with Crippen LogP contribution in [0.2, 0.25) is 0 Å². The van der Waals surface area contributed by atoms with E-state index in [1.165, 1.54) is 31.2 Å². The van der Waals surface area contributed by atoms with Gasteiger partial charge >= 0.3 is 0 Å². The molecular formula is C22H30N4O3. The number of hydrogen-bond donors (Lipinski definition) is 2. The Kier molecular flexibility index (Phi) is 5.69. The van der Waals surface area contributed by atoms with Gasteiger partial charge in [0.05, 0.1) is 0 Å². The van der Waals surface area contributed by atoms with Gasteiger partial charge in [-0.3, -0.25) is 24.6 Å². The summed E-state index contributed by atoms with van der Waals surface area (Å²) in [6.45, 7) is 1.27. The predicted octanol–water partition coefficient (Wildman–Crippen LogP) is 1.41. The molecule has 3 aliphatic rings. The van der Waals surface area contributed by atoms with Crippen LogP contribution in [0.3, 0.4) is 0 Å². The van der Waals surface area contributed by atoms with Gasteiger partial charge in [0.2, 0.25) is 11.8 Å². The molecule has 3 atom stereocenters. The van der Waals surface area contributed by atoms with Crippen molar-refractivity contribution in [3.05, 3.63) is 34.9 Å². The first-order valence-corrected chi connectivity index (χ1v) is 10.6. The molecule has 0 spiro atoms. The molecule has 0 aromatic heterocycles. The second-order valence-corrected chi connectivity index (χ2v) is 8.55. The van der Waals surface area contributed by atoms with Crippen molar-refractivity contribution in [1.29, 1.82) is 0 Å². The Bertz CT molecular complexity index is 824. The molecule has 1 unspecified atom stereocenters. The Morgan fingerprint density at radius 1 is 1.17 bits per heavy atom. The number of amides is 3. The number of hydrogen-bond acceptors (Lipinski definition) is 5. The number of fused-ring (bicyclic) bond motifs is 1. The largest absolute Gasteiger partial charge is 0.322 e. The molecule has 3 amide bonds. The minimum Gasteiger partial charge on any atom is -0.322 e. The molecule has 4 rings (SSSR count). The zero-order valence-electron chi connectivity index (χ0n) is 17.2. The highest BCUT2D eigenvalue weighted by molar-refractivity contribution is 6.05. The summed E-state index contributed by atoms with van der Waals surface area (Å²) in [6.07, 6.45) is 5.65. The van der Waals surface area contributed by atoms with E-state index in [-0.39, 0.29) is 24.1 Å². The lowest BCUT2D eigenvalue weighted by atomic mass is 9.89. The highest BCUT2D eigenvalue weighted by atomic mass is 16.2. The number of carbonyl (C=O) groups is 3. The third-order valence-corrected chi connectivity index (χ3v) is 6.69. The summed E-state index contributed by atoms with van der Waals surface area (Å²) < 4.78 is 0. The first-order valence-electron chi connectivity index (χ1n) is 10.6. The van der Waals surface area contributed by atoms with Gasteiger partial charge in [-0.05, 0) is 50.6 Å². The third kappa shape index (κ3) is 3.94. The van der Waals surface area contributed by atoms with Crippen molar-refractivity contribution >= 4 is 17.7 Å². The number of likely N-dealkylation sites (N-methyl/N-ethyl adjacent to an activating group) is 2. The highest BCUT2D eigenvalue weighted by Gasteiger charge is 2.39. The van der Waals surface area contributed by atoms with Gasteiger partial charge in [-0.1, -0.05) is 25.0 Å². The van der Waals surface area contributed by atoms with Crippen molar-refractivity contribution in [2.24, 2.45) is 0 Å². The first-order chi connectivity index (χ1) is 14.0. The second-order valence-electron chi connectivity index (χ2n) is 8.55. The van der Waals surface area contributed by atoms with Gasteiger partial charge in [-0.15, -0.1) is 0 Å². The molecule has 1 saturated heterocycles. The minimum absolute atomic E-state index is 0.114. The summed E-state index contributed by atoms with van der Waals surface area (Å²) in [5.41, 5.74) is 2.83. The van der Waals surface area contributed by atoms with Crippen molar-refractivity contribution in [3.8, 4) is 0 Å². The van der Waals surface area contributed by atoms with Crippen LogP contribution in [0, 0.1) is 0 Å². The summed E-state index contributed by atoms with van der Waals surface area (Å²) in [5, 5.41) is 5.82. The average molecular weight is 399 g/mol. The van der Waals surface area contributed by atoms with E-state index in [4.69, 9.17) is 0 Å². The molecule has 1 aliphatic carbocycles. The van der Waals surface area contributed by atoms with Gasteiger partial charge in [0, 0.05) is 37.2 Å². The number of benzene rings is 1. The number of rotatable bonds is 5. The molecule has 2 aliphatic heterocycles. The molecule has 29 heavy (non-hydrogen) atoms. The van der Waals surface area contributed by atoms with Crippen LogP contribution in [-0.4, -0.2) is 59.7 Å². The molecule has 2 fully saturated rings. The van der Waals surface area contributed by atoms with Crippen LogP contribution >= 0.6 is 0 Å². The SMILES string of the molecule is CN[C@H]1CCCC[C@@H]1N(C)Cc1ccc2c(c1)CN(C1CCC(=O)NC1=O)C2=O. The van der Waals surface area contributed by atoms with Crippen molar-refractivity contribution < 1.29 is 14.4 Å². The number of imide groups is 1. The molecule has 2 N–H and O–H groups in total. The van der Waals surface area contributed by atoms with Crippen molar-refractivity contribution in [2.45, 2.75) is 69.7 Å². The van der Waals surface area contributed by atoms with Crippen LogP contribution in [0.5, 0.6) is 0 Å². The molecule has 7 heteroatoms. The molecule has 0 bridgehead atoms. The summed E-state index contributed by atoms with van der Waals surface area (Å²) in [6, 6.07) is 6.50. The van der Waals surface area contributed by atoms with Crippen LogP contribution < -0.4 is 10.6 Å². The smallest absolute Gasteiger partial charge is 0.255 e. The summed E-state index contributed by atoms with van der Waals surface area (Å²) in [7, 11) is 4.22. The zero-order valence-corrected chi connectivity index (χ0v) is 17.2. The summed E-state index contributed by atoms with van der Waals surface area (Å²) in [5.74, 6) is -0.738. The number of carbonyl (C=O) groups excluding carboxylic acids is 3. The van der Waals surface area contributed by atoms with Crippen molar-refractivity contribution in [2.75, 3.05) is 14.1 Å². The van der Waals surface area contributed by atoms with E-state index in [1.54, 1.807) is 4.90 Å². The fourth-order valence-electron chi connectivity index (χ4n) is 5.11. The zero-order chi connectivity index (χ0) is 20.5. The van der Waals surface area contributed by atoms with Gasteiger partial charge in [0.15, 0.2) is 0 Å². The van der Waals surface area contributed by atoms with Gasteiger partial charge in [0.1, 0.15) is 6.04 Å². The van der Waals surface area contributed by atoms with E-state index in [1.807, 2.05) is 19.2 Å². The van der Waals surface area contributed by atoms with Crippen LogP contribution in [-0.2, 0) is 22.7 Å². The molecule has 0 radical (unpaired) electrons. The molecule has 1 aromatic carbocycles. The molecule has 2 heterocycles. The Morgan fingerprint density at radius 2 is 1.97 bits per heavy atom. The van der Waals surface area contributed by atoms with E-state index in [9.17, 15) is 14.4 Å². The average Bonchev–Trinajstić information content (AvgIpc) is 3.03. The molecule has 156 valence electrons. The minimum atomic E-state index is -0.558. The van der Waals surface area contributed by atoms with Gasteiger partial charge in [0.25, 0.3) is 5.91 Å². The van der Waals surface area contributed by atoms with Crippen molar-refractivity contribution in [1.82, 2.24) is 20.4 Å².